The molecule has 0 saturated carbocycles. The molecular weight excluding hydrogens is 456 g/mol. The molecule has 0 unspecified atom stereocenters. The first-order valence-corrected chi connectivity index (χ1v) is 10.9. The zero-order chi connectivity index (χ0) is 22.6. The summed E-state index contributed by atoms with van der Waals surface area (Å²) in [6.45, 7) is 0.0988. The van der Waals surface area contributed by atoms with E-state index < -0.39 is 27.9 Å². The van der Waals surface area contributed by atoms with Crippen LogP contribution in [-0.2, 0) is 38.7 Å². The molecule has 1 aliphatic rings. The highest BCUT2D eigenvalue weighted by molar-refractivity contribution is 7.94. The van der Waals surface area contributed by atoms with E-state index in [0.717, 1.165) is 6.07 Å². The third-order valence-corrected chi connectivity index (χ3v) is 5.63. The van der Waals surface area contributed by atoms with Crippen molar-refractivity contribution in [1.29, 1.82) is 0 Å². The lowest BCUT2D eigenvalue weighted by Crippen LogP contribution is -2.32. The molecule has 31 heavy (non-hydrogen) atoms. The van der Waals surface area contributed by atoms with Crippen LogP contribution in [0.25, 0.3) is 10.8 Å². The van der Waals surface area contributed by atoms with E-state index in [9.17, 15) is 27.4 Å². The molecule has 3 N–H and O–H groups in total. The molecule has 1 fully saturated rings. The second-order valence-electron chi connectivity index (χ2n) is 6.28. The highest BCUT2D eigenvalue weighted by Gasteiger charge is 2.32. The van der Waals surface area contributed by atoms with Crippen LogP contribution in [0, 0.1) is 0 Å². The SMILES string of the molecule is O=C(CCNc1ccc2c(S(=O)(=O)O)cc(SOOO)cc2c1)ON1C(=O)CCC1=O. The maximum absolute atomic E-state index is 11.8. The first-order valence-electron chi connectivity index (χ1n) is 8.69. The number of carbonyl (C=O) groups is 3. The molecule has 1 heterocycles. The quantitative estimate of drug-likeness (QED) is 0.160. The maximum Gasteiger partial charge on any atom is 0.334 e. The number of carbonyl (C=O) groups excluding carboxylic acids is 3. The second-order valence-corrected chi connectivity index (χ2v) is 8.44. The van der Waals surface area contributed by atoms with Gasteiger partial charge in [0.15, 0.2) is 0 Å². The molecule has 0 bridgehead atoms. The van der Waals surface area contributed by atoms with Crippen molar-refractivity contribution in [2.45, 2.75) is 29.1 Å². The van der Waals surface area contributed by atoms with Crippen molar-refractivity contribution in [2.75, 3.05) is 11.9 Å². The first-order chi connectivity index (χ1) is 14.7. The molecule has 0 aromatic heterocycles. The average Bonchev–Trinajstić information content (AvgIpc) is 3.02. The summed E-state index contributed by atoms with van der Waals surface area (Å²) in [4.78, 5) is 39.4. The van der Waals surface area contributed by atoms with Gasteiger partial charge in [-0.25, -0.2) is 10.1 Å². The standard InChI is InChI=1S/C17H16N2O10S2/c20-15-3-4-16(21)19(15)27-17(22)5-6-18-11-1-2-13-10(7-11)8-12(30-29-28-23)9-14(13)31(24,25)26/h1-2,7-9,18,23H,3-6H2,(H,24,25,26). The second kappa shape index (κ2) is 9.59. The Bertz CT molecular complexity index is 1120. The number of hydrogen-bond acceptors (Lipinski definition) is 11. The molecule has 3 rings (SSSR count). The highest BCUT2D eigenvalue weighted by atomic mass is 32.2. The summed E-state index contributed by atoms with van der Waals surface area (Å²) in [6, 6.07) is 7.23. The maximum atomic E-state index is 11.8. The summed E-state index contributed by atoms with van der Waals surface area (Å²) in [5.41, 5.74) is 0.511. The van der Waals surface area contributed by atoms with Gasteiger partial charge in [0.2, 0.25) is 0 Å². The number of hydrogen-bond donors (Lipinski definition) is 3. The number of imide groups is 1. The average molecular weight is 472 g/mol. The lowest BCUT2D eigenvalue weighted by atomic mass is 10.1. The normalized spacial score (nSPS) is 14.3. The van der Waals surface area contributed by atoms with Gasteiger partial charge in [0.25, 0.3) is 21.9 Å². The third kappa shape index (κ3) is 5.69. The fraction of sp³-hybridized carbons (Fsp3) is 0.235. The van der Waals surface area contributed by atoms with E-state index in [4.69, 9.17) is 10.1 Å². The van der Waals surface area contributed by atoms with Crippen molar-refractivity contribution in [3.05, 3.63) is 30.3 Å². The van der Waals surface area contributed by atoms with Crippen LogP contribution in [-0.4, -0.2) is 47.6 Å². The number of nitrogens with one attached hydrogen (secondary N) is 1. The zero-order valence-corrected chi connectivity index (χ0v) is 17.3. The number of nitrogens with zero attached hydrogens (tertiary/aromatic N) is 1. The van der Waals surface area contributed by atoms with Crippen LogP contribution in [0.1, 0.15) is 19.3 Å². The van der Waals surface area contributed by atoms with E-state index in [1.807, 2.05) is 0 Å². The molecule has 12 nitrogen and oxygen atoms in total. The molecule has 2 amide bonds. The predicted molar refractivity (Wildman–Crippen MR) is 105 cm³/mol. The van der Waals surface area contributed by atoms with E-state index in [-0.39, 0.29) is 41.0 Å². The fourth-order valence-electron chi connectivity index (χ4n) is 2.85. The monoisotopic (exact) mass is 472 g/mol. The summed E-state index contributed by atoms with van der Waals surface area (Å²) >= 11 is 0.519. The van der Waals surface area contributed by atoms with Crippen molar-refractivity contribution in [3.63, 3.8) is 0 Å². The van der Waals surface area contributed by atoms with E-state index >= 15 is 0 Å². The van der Waals surface area contributed by atoms with Crippen LogP contribution >= 0.6 is 12.0 Å². The Balaban J connectivity index is 1.70. The van der Waals surface area contributed by atoms with Crippen LogP contribution in [0.5, 0.6) is 0 Å². The van der Waals surface area contributed by atoms with E-state index in [2.05, 4.69) is 14.7 Å². The van der Waals surface area contributed by atoms with Crippen LogP contribution in [0.3, 0.4) is 0 Å². The van der Waals surface area contributed by atoms with Gasteiger partial charge in [-0.3, -0.25) is 14.1 Å². The first kappa shape index (κ1) is 22.9. The summed E-state index contributed by atoms with van der Waals surface area (Å²) in [6.07, 6.45) is -0.144. The van der Waals surface area contributed by atoms with Gasteiger partial charge in [0, 0.05) is 35.4 Å². The van der Waals surface area contributed by atoms with Gasteiger partial charge in [0.1, 0.15) is 4.90 Å². The molecule has 14 heteroatoms. The van der Waals surface area contributed by atoms with Crippen LogP contribution in [0.15, 0.2) is 40.1 Å². The van der Waals surface area contributed by atoms with Crippen molar-refractivity contribution >= 4 is 56.4 Å². The summed E-state index contributed by atoms with van der Waals surface area (Å²) in [5, 5.41) is 15.8. The Hall–Kier alpha value is -2.75. The Kier molecular flexibility index (Phi) is 7.09. The molecular formula is C17H16N2O10S2. The predicted octanol–water partition coefficient (Wildman–Crippen LogP) is 1.92. The number of hydroxylamine groups is 2. The minimum Gasteiger partial charge on any atom is -0.384 e. The van der Waals surface area contributed by atoms with Crippen molar-refractivity contribution in [1.82, 2.24) is 5.06 Å². The van der Waals surface area contributed by atoms with Gasteiger partial charge in [-0.2, -0.15) is 8.42 Å². The van der Waals surface area contributed by atoms with Crippen molar-refractivity contribution in [3.8, 4) is 0 Å². The van der Waals surface area contributed by atoms with Crippen molar-refractivity contribution < 1.29 is 46.8 Å². The topological polar surface area (TPSA) is 169 Å². The molecule has 1 aliphatic heterocycles. The number of rotatable bonds is 9. The van der Waals surface area contributed by atoms with Gasteiger partial charge in [0.05, 0.1) is 18.5 Å². The number of anilines is 1. The molecule has 0 atom stereocenters. The summed E-state index contributed by atoms with van der Waals surface area (Å²) < 4.78 is 37.2. The summed E-state index contributed by atoms with van der Waals surface area (Å²) in [7, 11) is -4.55. The van der Waals surface area contributed by atoms with E-state index in [1.54, 1.807) is 6.07 Å². The number of fused-ring (bicyclic) bond motifs is 1. The molecule has 0 radical (unpaired) electrons. The van der Waals surface area contributed by atoms with Gasteiger partial charge >= 0.3 is 5.97 Å². The van der Waals surface area contributed by atoms with Crippen LogP contribution < -0.4 is 5.32 Å². The Morgan fingerprint density at radius 2 is 1.87 bits per heavy atom. The Morgan fingerprint density at radius 3 is 2.52 bits per heavy atom. The van der Waals surface area contributed by atoms with Gasteiger partial charge < -0.3 is 10.2 Å². The Labute approximate surface area is 179 Å². The molecule has 0 aliphatic carbocycles. The zero-order valence-electron chi connectivity index (χ0n) is 15.6. The molecule has 166 valence electrons. The number of benzene rings is 2. The minimum absolute atomic E-state index is 0.00272. The van der Waals surface area contributed by atoms with Crippen molar-refractivity contribution in [2.24, 2.45) is 0 Å². The van der Waals surface area contributed by atoms with E-state index in [0.29, 0.717) is 28.2 Å². The summed E-state index contributed by atoms with van der Waals surface area (Å²) in [5.74, 6) is -1.91. The lowest BCUT2D eigenvalue weighted by Gasteiger charge is -2.13. The van der Waals surface area contributed by atoms with E-state index in [1.165, 1.54) is 18.2 Å². The fourth-order valence-corrected chi connectivity index (χ4v) is 4.11. The third-order valence-electron chi connectivity index (χ3n) is 4.18. The highest BCUT2D eigenvalue weighted by Crippen LogP contribution is 2.32. The lowest BCUT2D eigenvalue weighted by molar-refractivity contribution is -0.432. The van der Waals surface area contributed by atoms with Gasteiger partial charge in [-0.05, 0) is 29.7 Å². The molecule has 2 aromatic rings. The molecule has 0 spiro atoms. The molecule has 1 saturated heterocycles. The smallest absolute Gasteiger partial charge is 0.334 e. The number of amides is 2. The largest absolute Gasteiger partial charge is 0.384 e. The molecule has 2 aromatic carbocycles. The van der Waals surface area contributed by atoms with Gasteiger partial charge in [-0.15, -0.1) is 9.40 Å². The minimum atomic E-state index is -4.55. The van der Waals surface area contributed by atoms with Crippen LogP contribution in [0.2, 0.25) is 0 Å². The van der Waals surface area contributed by atoms with Gasteiger partial charge in [-0.1, -0.05) is 11.1 Å². The van der Waals surface area contributed by atoms with Crippen LogP contribution in [0.4, 0.5) is 5.69 Å². The Morgan fingerprint density at radius 1 is 1.16 bits per heavy atom.